The topological polar surface area (TPSA) is 78.5 Å². The number of aromatic nitrogens is 2. The van der Waals surface area contributed by atoms with Crippen molar-refractivity contribution in [2.45, 2.75) is 13.3 Å². The van der Waals surface area contributed by atoms with Crippen molar-refractivity contribution in [3.63, 3.8) is 0 Å². The van der Waals surface area contributed by atoms with Gasteiger partial charge in [0.2, 0.25) is 0 Å². The maximum atomic E-state index is 12.5. The van der Waals surface area contributed by atoms with Crippen molar-refractivity contribution in [2.75, 3.05) is 5.32 Å². The number of halogens is 3. The monoisotopic (exact) mass is 535 g/mol. The minimum absolute atomic E-state index is 0.132. The molecule has 2 aromatic carbocycles. The summed E-state index contributed by atoms with van der Waals surface area (Å²) in [5.41, 5.74) is 0.500. The zero-order chi connectivity index (χ0) is 22.5. The van der Waals surface area contributed by atoms with E-state index in [9.17, 15) is 4.79 Å². The summed E-state index contributed by atoms with van der Waals surface area (Å²) in [4.78, 5) is 12.5. The van der Waals surface area contributed by atoms with Crippen molar-refractivity contribution < 1.29 is 18.7 Å². The summed E-state index contributed by atoms with van der Waals surface area (Å²) in [5.74, 6) is 1.36. The minimum Gasteiger partial charge on any atom is -0.484 e. The highest BCUT2D eigenvalue weighted by molar-refractivity contribution is 9.10. The maximum absolute atomic E-state index is 12.5. The largest absolute Gasteiger partial charge is 0.484 e. The fourth-order valence-electron chi connectivity index (χ4n) is 2.71. The van der Waals surface area contributed by atoms with Crippen molar-refractivity contribution in [1.29, 1.82) is 0 Å². The summed E-state index contributed by atoms with van der Waals surface area (Å²) in [6, 6.07) is 15.6. The van der Waals surface area contributed by atoms with Gasteiger partial charge in [-0.05, 0) is 48.5 Å². The van der Waals surface area contributed by atoms with Crippen LogP contribution >= 0.6 is 39.1 Å². The number of hydrogen-bond donors (Lipinski definition) is 1. The number of anilines is 1. The van der Waals surface area contributed by atoms with Crippen molar-refractivity contribution in [2.24, 2.45) is 0 Å². The summed E-state index contributed by atoms with van der Waals surface area (Å²) in [6.07, 6.45) is 3.16. The maximum Gasteiger partial charge on any atom is 0.291 e. The van der Waals surface area contributed by atoms with Gasteiger partial charge in [-0.15, -0.1) is 0 Å². The van der Waals surface area contributed by atoms with Gasteiger partial charge >= 0.3 is 0 Å². The lowest BCUT2D eigenvalue weighted by Gasteiger charge is -2.06. The Morgan fingerprint density at radius 3 is 2.81 bits per heavy atom. The molecule has 0 saturated heterocycles. The second-order valence-electron chi connectivity index (χ2n) is 6.58. The Morgan fingerprint density at radius 1 is 1.12 bits per heavy atom. The van der Waals surface area contributed by atoms with E-state index in [2.05, 4.69) is 26.3 Å². The SMILES string of the molecule is O=C(Nc1cnn(COc2cccc(Cl)c2)c1)c1ccc(COc2ccc(Br)cc2Cl)o1. The van der Waals surface area contributed by atoms with Crippen LogP contribution in [0.25, 0.3) is 0 Å². The van der Waals surface area contributed by atoms with Crippen LogP contribution in [0.1, 0.15) is 16.3 Å². The predicted molar refractivity (Wildman–Crippen MR) is 124 cm³/mol. The van der Waals surface area contributed by atoms with E-state index in [1.54, 1.807) is 59.4 Å². The molecule has 164 valence electrons. The van der Waals surface area contributed by atoms with E-state index in [4.69, 9.17) is 37.1 Å². The van der Waals surface area contributed by atoms with Gasteiger partial charge < -0.3 is 19.2 Å². The van der Waals surface area contributed by atoms with Gasteiger partial charge in [-0.2, -0.15) is 5.10 Å². The Labute approximate surface area is 202 Å². The van der Waals surface area contributed by atoms with Crippen LogP contribution in [0.2, 0.25) is 10.0 Å². The highest BCUT2D eigenvalue weighted by Gasteiger charge is 2.13. The molecule has 0 aliphatic heterocycles. The first-order chi connectivity index (χ1) is 15.5. The molecule has 0 fully saturated rings. The Hall–Kier alpha value is -2.94. The van der Waals surface area contributed by atoms with Gasteiger partial charge in [0.15, 0.2) is 12.5 Å². The summed E-state index contributed by atoms with van der Waals surface area (Å²) >= 11 is 15.4. The number of furan rings is 1. The third-order valence-electron chi connectivity index (χ3n) is 4.20. The van der Waals surface area contributed by atoms with Crippen LogP contribution in [0, 0.1) is 0 Å². The Kier molecular flexibility index (Phi) is 7.04. The minimum atomic E-state index is -0.409. The molecular weight excluding hydrogens is 521 g/mol. The molecule has 0 saturated carbocycles. The molecule has 0 aliphatic carbocycles. The standard InChI is InChI=1S/C22H16BrCl2N3O4/c23-14-4-6-20(19(25)8-14)30-12-18-5-7-21(32-18)22(29)27-16-10-26-28(11-16)13-31-17-3-1-2-15(24)9-17/h1-11H,12-13H2,(H,27,29). The molecule has 0 bridgehead atoms. The lowest BCUT2D eigenvalue weighted by Crippen LogP contribution is -2.10. The molecule has 10 heteroatoms. The number of carbonyl (C=O) groups is 1. The molecule has 0 aliphatic rings. The molecule has 7 nitrogen and oxygen atoms in total. The zero-order valence-corrected chi connectivity index (χ0v) is 19.5. The number of nitrogens with one attached hydrogen (secondary N) is 1. The fourth-order valence-corrected chi connectivity index (χ4v) is 3.62. The lowest BCUT2D eigenvalue weighted by molar-refractivity contribution is 0.0992. The zero-order valence-electron chi connectivity index (χ0n) is 16.4. The number of ether oxygens (including phenoxy) is 2. The summed E-state index contributed by atoms with van der Waals surface area (Å²) in [7, 11) is 0. The third-order valence-corrected chi connectivity index (χ3v) is 5.22. The second-order valence-corrected chi connectivity index (χ2v) is 8.34. The number of nitrogens with zero attached hydrogens (tertiary/aromatic N) is 2. The van der Waals surface area contributed by atoms with Crippen molar-refractivity contribution in [3.8, 4) is 11.5 Å². The first kappa shape index (κ1) is 22.3. The molecule has 32 heavy (non-hydrogen) atoms. The van der Waals surface area contributed by atoms with Gasteiger partial charge in [-0.3, -0.25) is 4.79 Å². The molecule has 0 spiro atoms. The molecule has 0 atom stereocenters. The van der Waals surface area contributed by atoms with Crippen LogP contribution in [0.15, 0.2) is 75.9 Å². The Bertz CT molecular complexity index is 1240. The predicted octanol–water partition coefficient (Wildman–Crippen LogP) is 6.41. The van der Waals surface area contributed by atoms with Crippen LogP contribution < -0.4 is 14.8 Å². The Balaban J connectivity index is 1.30. The van der Waals surface area contributed by atoms with Crippen molar-refractivity contribution in [3.05, 3.63) is 93.0 Å². The fraction of sp³-hybridized carbons (Fsp3) is 0.0909. The van der Waals surface area contributed by atoms with Gasteiger partial charge in [-0.1, -0.05) is 45.2 Å². The Morgan fingerprint density at radius 2 is 2.00 bits per heavy atom. The quantitative estimate of drug-likeness (QED) is 0.281. The summed E-state index contributed by atoms with van der Waals surface area (Å²) in [6.45, 7) is 0.296. The van der Waals surface area contributed by atoms with Crippen LogP contribution in [-0.4, -0.2) is 15.7 Å². The summed E-state index contributed by atoms with van der Waals surface area (Å²) < 4.78 is 19.2. The van der Waals surface area contributed by atoms with E-state index in [0.717, 1.165) is 4.47 Å². The van der Waals surface area contributed by atoms with Crippen LogP contribution in [0.3, 0.4) is 0 Å². The van der Waals surface area contributed by atoms with Crippen molar-refractivity contribution in [1.82, 2.24) is 9.78 Å². The van der Waals surface area contributed by atoms with Crippen LogP contribution in [0.4, 0.5) is 5.69 Å². The van der Waals surface area contributed by atoms with E-state index in [1.807, 2.05) is 6.07 Å². The lowest BCUT2D eigenvalue weighted by atomic mass is 10.3. The average Bonchev–Trinajstić information content (AvgIpc) is 3.41. The first-order valence-electron chi connectivity index (χ1n) is 9.35. The van der Waals surface area contributed by atoms with Gasteiger partial charge in [0.1, 0.15) is 23.9 Å². The molecular formula is C22H16BrCl2N3O4. The van der Waals surface area contributed by atoms with Crippen LogP contribution in [-0.2, 0) is 13.3 Å². The molecule has 2 aromatic heterocycles. The van der Waals surface area contributed by atoms with Gasteiger partial charge in [0.25, 0.3) is 5.91 Å². The van der Waals surface area contributed by atoms with E-state index in [-0.39, 0.29) is 19.1 Å². The normalized spacial score (nSPS) is 10.7. The van der Waals surface area contributed by atoms with Crippen LogP contribution in [0.5, 0.6) is 11.5 Å². The smallest absolute Gasteiger partial charge is 0.291 e. The van der Waals surface area contributed by atoms with Crippen molar-refractivity contribution >= 4 is 50.7 Å². The molecule has 4 rings (SSSR count). The number of amides is 1. The highest BCUT2D eigenvalue weighted by Crippen LogP contribution is 2.28. The second kappa shape index (κ2) is 10.1. The molecule has 4 aromatic rings. The molecule has 1 amide bonds. The van der Waals surface area contributed by atoms with E-state index >= 15 is 0 Å². The number of hydrogen-bond acceptors (Lipinski definition) is 5. The molecule has 0 unspecified atom stereocenters. The number of carbonyl (C=O) groups excluding carboxylic acids is 1. The van der Waals surface area contributed by atoms with Gasteiger partial charge in [0, 0.05) is 9.50 Å². The summed E-state index contributed by atoms with van der Waals surface area (Å²) in [5, 5.41) is 7.94. The van der Waals surface area contributed by atoms with E-state index in [0.29, 0.717) is 33.0 Å². The highest BCUT2D eigenvalue weighted by atomic mass is 79.9. The van der Waals surface area contributed by atoms with E-state index < -0.39 is 5.91 Å². The molecule has 2 heterocycles. The average molecular weight is 537 g/mol. The van der Waals surface area contributed by atoms with E-state index in [1.165, 1.54) is 6.20 Å². The van der Waals surface area contributed by atoms with Gasteiger partial charge in [-0.25, -0.2) is 4.68 Å². The molecule has 0 radical (unpaired) electrons. The van der Waals surface area contributed by atoms with Gasteiger partial charge in [0.05, 0.1) is 23.1 Å². The first-order valence-corrected chi connectivity index (χ1v) is 10.9. The number of benzene rings is 2. The molecule has 1 N–H and O–H groups in total. The number of rotatable bonds is 8. The third kappa shape index (κ3) is 5.85.